The van der Waals surface area contributed by atoms with E-state index in [1.54, 1.807) is 11.8 Å². The molecule has 1 aromatic rings. The number of halogens is 1. The number of fused-ring (bicyclic) bond motifs is 1. The fraction of sp³-hybridized carbons (Fsp3) is 0.417. The molecule has 1 spiro atoms. The predicted molar refractivity (Wildman–Crippen MR) is 60.6 cm³/mol. The molecule has 1 fully saturated rings. The minimum Gasteiger partial charge on any atom is -0.485 e. The van der Waals surface area contributed by atoms with Crippen molar-refractivity contribution in [2.24, 2.45) is 0 Å². The monoisotopic (exact) mass is 238 g/mol. The van der Waals surface area contributed by atoms with Gasteiger partial charge in [0.1, 0.15) is 17.2 Å². The molecule has 2 aliphatic rings. The van der Waals surface area contributed by atoms with E-state index in [9.17, 15) is 9.18 Å². The van der Waals surface area contributed by atoms with E-state index in [1.165, 1.54) is 18.2 Å². The summed E-state index contributed by atoms with van der Waals surface area (Å²) in [6.07, 6.45) is 1.30. The summed E-state index contributed by atoms with van der Waals surface area (Å²) in [4.78, 5) is 11.9. The van der Waals surface area contributed by atoms with Gasteiger partial charge in [-0.3, -0.25) is 4.79 Å². The Morgan fingerprint density at radius 2 is 2.31 bits per heavy atom. The van der Waals surface area contributed by atoms with Crippen LogP contribution < -0.4 is 4.74 Å². The summed E-state index contributed by atoms with van der Waals surface area (Å²) in [6.45, 7) is 0. The molecule has 1 saturated heterocycles. The lowest BCUT2D eigenvalue weighted by molar-refractivity contribution is 0.0561. The molecule has 84 valence electrons. The second-order valence-electron chi connectivity index (χ2n) is 4.33. The normalized spacial score (nSPS) is 27.9. The summed E-state index contributed by atoms with van der Waals surface area (Å²) in [5, 5.41) is 0. The first kappa shape index (κ1) is 10.1. The maximum atomic E-state index is 13.1. The third-order valence-electron chi connectivity index (χ3n) is 3.12. The van der Waals surface area contributed by atoms with Gasteiger partial charge in [0.05, 0.1) is 12.0 Å². The first-order chi connectivity index (χ1) is 7.69. The number of Topliss-reactive ketones (excluding diaryl/α,β-unsaturated/α-hetero) is 1. The molecule has 0 radical (unpaired) electrons. The number of ether oxygens (including phenoxy) is 1. The number of benzene rings is 1. The number of thioether (sulfide) groups is 1. The fourth-order valence-electron chi connectivity index (χ4n) is 2.28. The van der Waals surface area contributed by atoms with Crippen LogP contribution in [0, 0.1) is 5.82 Å². The van der Waals surface area contributed by atoms with Crippen LogP contribution in [0.4, 0.5) is 4.39 Å². The molecule has 3 rings (SSSR count). The molecule has 1 unspecified atom stereocenters. The highest BCUT2D eigenvalue weighted by Gasteiger charge is 2.43. The van der Waals surface area contributed by atoms with E-state index >= 15 is 0 Å². The van der Waals surface area contributed by atoms with E-state index in [0.717, 1.165) is 17.9 Å². The molecule has 0 amide bonds. The average molecular weight is 238 g/mol. The number of carbonyl (C=O) groups is 1. The molecular formula is C12H11FO2S. The van der Waals surface area contributed by atoms with Gasteiger partial charge in [0, 0.05) is 11.8 Å². The Morgan fingerprint density at radius 1 is 1.44 bits per heavy atom. The Bertz CT molecular complexity index is 452. The molecule has 2 heterocycles. The highest BCUT2D eigenvalue weighted by atomic mass is 32.2. The summed E-state index contributed by atoms with van der Waals surface area (Å²) in [6, 6.07) is 4.14. The quantitative estimate of drug-likeness (QED) is 0.695. The minimum atomic E-state index is -0.372. The Morgan fingerprint density at radius 3 is 3.06 bits per heavy atom. The number of carbonyl (C=O) groups excluding carboxylic acids is 1. The van der Waals surface area contributed by atoms with E-state index in [-0.39, 0.29) is 17.2 Å². The number of rotatable bonds is 0. The average Bonchev–Trinajstić information content (AvgIpc) is 2.65. The molecule has 16 heavy (non-hydrogen) atoms. The predicted octanol–water partition coefficient (Wildman–Crippen LogP) is 2.67. The van der Waals surface area contributed by atoms with E-state index in [2.05, 4.69) is 0 Å². The van der Waals surface area contributed by atoms with Crippen molar-refractivity contribution >= 4 is 17.5 Å². The molecule has 2 aliphatic heterocycles. The number of ketones is 1. The SMILES string of the molecule is O=C1CC2(CCSC2)Oc2cc(F)ccc21. The van der Waals surface area contributed by atoms with Crippen molar-refractivity contribution in [3.05, 3.63) is 29.6 Å². The summed E-state index contributed by atoms with van der Waals surface area (Å²) in [5.41, 5.74) is 0.145. The molecule has 0 aliphatic carbocycles. The third-order valence-corrected chi connectivity index (χ3v) is 4.34. The van der Waals surface area contributed by atoms with Gasteiger partial charge in [-0.05, 0) is 24.3 Å². The van der Waals surface area contributed by atoms with Gasteiger partial charge < -0.3 is 4.74 Å². The lowest BCUT2D eigenvalue weighted by atomic mass is 9.89. The fourth-order valence-corrected chi connectivity index (χ4v) is 3.61. The van der Waals surface area contributed by atoms with Crippen molar-refractivity contribution in [3.63, 3.8) is 0 Å². The Hall–Kier alpha value is -1.03. The molecular weight excluding hydrogens is 227 g/mol. The van der Waals surface area contributed by atoms with Gasteiger partial charge in [0.15, 0.2) is 5.78 Å². The van der Waals surface area contributed by atoms with Crippen LogP contribution >= 0.6 is 11.8 Å². The lowest BCUT2D eigenvalue weighted by Gasteiger charge is -2.33. The van der Waals surface area contributed by atoms with Gasteiger partial charge in [0.25, 0.3) is 0 Å². The Balaban J connectivity index is 2.03. The van der Waals surface area contributed by atoms with E-state index in [1.807, 2.05) is 0 Å². The van der Waals surface area contributed by atoms with Crippen LogP contribution in [0.2, 0.25) is 0 Å². The molecule has 1 atom stereocenters. The smallest absolute Gasteiger partial charge is 0.170 e. The van der Waals surface area contributed by atoms with Crippen LogP contribution in [0.15, 0.2) is 18.2 Å². The zero-order chi connectivity index (χ0) is 11.2. The highest BCUT2D eigenvalue weighted by molar-refractivity contribution is 7.99. The number of hydrogen-bond acceptors (Lipinski definition) is 3. The van der Waals surface area contributed by atoms with Crippen molar-refractivity contribution in [2.75, 3.05) is 11.5 Å². The van der Waals surface area contributed by atoms with E-state index < -0.39 is 0 Å². The summed E-state index contributed by atoms with van der Waals surface area (Å²) in [5.74, 6) is 1.98. The summed E-state index contributed by atoms with van der Waals surface area (Å²) >= 11 is 1.79. The maximum Gasteiger partial charge on any atom is 0.170 e. The molecule has 0 bridgehead atoms. The van der Waals surface area contributed by atoms with Crippen molar-refractivity contribution in [3.8, 4) is 5.75 Å². The van der Waals surface area contributed by atoms with E-state index in [0.29, 0.717) is 17.7 Å². The van der Waals surface area contributed by atoms with Crippen LogP contribution in [0.3, 0.4) is 0 Å². The second-order valence-corrected chi connectivity index (χ2v) is 5.43. The first-order valence-electron chi connectivity index (χ1n) is 5.28. The molecule has 0 aromatic heterocycles. The molecule has 2 nitrogen and oxygen atoms in total. The van der Waals surface area contributed by atoms with Crippen LogP contribution in [0.5, 0.6) is 5.75 Å². The molecule has 1 aromatic carbocycles. The largest absolute Gasteiger partial charge is 0.485 e. The van der Waals surface area contributed by atoms with Crippen LogP contribution in [0.25, 0.3) is 0 Å². The van der Waals surface area contributed by atoms with Gasteiger partial charge in [-0.25, -0.2) is 4.39 Å². The van der Waals surface area contributed by atoms with Crippen LogP contribution in [-0.4, -0.2) is 22.9 Å². The molecule has 4 heteroatoms. The minimum absolute atomic E-state index is 0.0729. The van der Waals surface area contributed by atoms with Gasteiger partial charge >= 0.3 is 0 Å². The lowest BCUT2D eigenvalue weighted by Crippen LogP contribution is -2.42. The zero-order valence-corrected chi connectivity index (χ0v) is 9.48. The van der Waals surface area contributed by atoms with Gasteiger partial charge in [-0.2, -0.15) is 11.8 Å². The Labute approximate surface area is 97.2 Å². The van der Waals surface area contributed by atoms with Crippen molar-refractivity contribution < 1.29 is 13.9 Å². The van der Waals surface area contributed by atoms with Gasteiger partial charge in [0.2, 0.25) is 0 Å². The van der Waals surface area contributed by atoms with Crippen LogP contribution in [-0.2, 0) is 0 Å². The third kappa shape index (κ3) is 1.52. The van der Waals surface area contributed by atoms with Gasteiger partial charge in [-0.1, -0.05) is 0 Å². The standard InChI is InChI=1S/C12H11FO2S/c13-8-1-2-9-10(14)6-12(3-4-16-7-12)15-11(9)5-8/h1-2,5H,3-4,6-7H2. The topological polar surface area (TPSA) is 26.3 Å². The zero-order valence-electron chi connectivity index (χ0n) is 8.66. The maximum absolute atomic E-state index is 13.1. The second kappa shape index (κ2) is 3.48. The highest BCUT2D eigenvalue weighted by Crippen LogP contribution is 2.41. The molecule has 0 N–H and O–H groups in total. The summed E-state index contributed by atoms with van der Waals surface area (Å²) in [7, 11) is 0. The van der Waals surface area contributed by atoms with Gasteiger partial charge in [-0.15, -0.1) is 0 Å². The first-order valence-corrected chi connectivity index (χ1v) is 6.44. The summed E-state index contributed by atoms with van der Waals surface area (Å²) < 4.78 is 19.0. The number of hydrogen-bond donors (Lipinski definition) is 0. The molecule has 0 saturated carbocycles. The van der Waals surface area contributed by atoms with Crippen molar-refractivity contribution in [1.29, 1.82) is 0 Å². The Kier molecular flexibility index (Phi) is 2.21. The van der Waals surface area contributed by atoms with Crippen molar-refractivity contribution in [1.82, 2.24) is 0 Å². The van der Waals surface area contributed by atoms with E-state index in [4.69, 9.17) is 4.74 Å². The van der Waals surface area contributed by atoms with Crippen LogP contribution in [0.1, 0.15) is 23.2 Å². The van der Waals surface area contributed by atoms with Crippen molar-refractivity contribution in [2.45, 2.75) is 18.4 Å².